The van der Waals surface area contributed by atoms with Crippen molar-refractivity contribution in [2.24, 2.45) is 5.73 Å². The third-order valence-electron chi connectivity index (χ3n) is 1.44. The maximum absolute atomic E-state index is 5.47. The highest BCUT2D eigenvalue weighted by atomic mass is 79.9. The second kappa shape index (κ2) is 4.38. The van der Waals surface area contributed by atoms with Gasteiger partial charge in [0.05, 0.1) is 19.9 Å². The Kier molecular flexibility index (Phi) is 3.44. The first-order chi connectivity index (χ1) is 6.22. The van der Waals surface area contributed by atoms with Crippen molar-refractivity contribution in [3.63, 3.8) is 0 Å². The van der Waals surface area contributed by atoms with Crippen LogP contribution in [0.1, 0.15) is 5.69 Å². The highest BCUT2D eigenvalue weighted by molar-refractivity contribution is 9.10. The SMILES string of the molecule is COc1nc(CN)c(Br)c(OC)n1. The van der Waals surface area contributed by atoms with Crippen molar-refractivity contribution in [1.29, 1.82) is 0 Å². The van der Waals surface area contributed by atoms with Crippen LogP contribution in [0.4, 0.5) is 0 Å². The van der Waals surface area contributed by atoms with Gasteiger partial charge in [0.15, 0.2) is 0 Å². The summed E-state index contributed by atoms with van der Waals surface area (Å²) in [5.41, 5.74) is 6.12. The Bertz CT molecular complexity index is 281. The molecule has 6 heteroatoms. The third kappa shape index (κ3) is 2.07. The van der Waals surface area contributed by atoms with E-state index in [1.165, 1.54) is 14.2 Å². The van der Waals surface area contributed by atoms with Gasteiger partial charge in [0.25, 0.3) is 0 Å². The van der Waals surface area contributed by atoms with Gasteiger partial charge in [-0.25, -0.2) is 0 Å². The van der Waals surface area contributed by atoms with Gasteiger partial charge in [-0.3, -0.25) is 0 Å². The minimum absolute atomic E-state index is 0.250. The topological polar surface area (TPSA) is 70.3 Å². The van der Waals surface area contributed by atoms with E-state index in [1.54, 1.807) is 0 Å². The summed E-state index contributed by atoms with van der Waals surface area (Å²) >= 11 is 3.28. The number of nitrogens with zero attached hydrogens (tertiary/aromatic N) is 2. The van der Waals surface area contributed by atoms with Crippen molar-refractivity contribution in [3.05, 3.63) is 10.2 Å². The molecular weight excluding hydrogens is 238 g/mol. The molecule has 1 aromatic heterocycles. The van der Waals surface area contributed by atoms with E-state index in [4.69, 9.17) is 15.2 Å². The van der Waals surface area contributed by atoms with Crippen LogP contribution in [0.3, 0.4) is 0 Å². The zero-order chi connectivity index (χ0) is 9.84. The second-order valence-corrected chi connectivity index (χ2v) is 2.98. The molecule has 0 bridgehead atoms. The molecule has 0 radical (unpaired) electrons. The third-order valence-corrected chi connectivity index (χ3v) is 2.24. The Balaban J connectivity index is 3.20. The van der Waals surface area contributed by atoms with E-state index in [0.29, 0.717) is 22.6 Å². The van der Waals surface area contributed by atoms with Gasteiger partial charge in [-0.05, 0) is 15.9 Å². The van der Waals surface area contributed by atoms with Gasteiger partial charge in [-0.15, -0.1) is 0 Å². The first kappa shape index (κ1) is 10.2. The number of aromatic nitrogens is 2. The molecule has 72 valence electrons. The smallest absolute Gasteiger partial charge is 0.319 e. The molecule has 0 aromatic carbocycles. The standard InChI is InChI=1S/C7H10BrN3O2/c1-12-6-5(8)4(3-9)10-7(11-6)13-2/h3,9H2,1-2H3. The summed E-state index contributed by atoms with van der Waals surface area (Å²) in [5, 5.41) is 0. The van der Waals surface area contributed by atoms with Gasteiger partial charge in [-0.2, -0.15) is 9.97 Å². The lowest BCUT2D eigenvalue weighted by atomic mass is 10.4. The van der Waals surface area contributed by atoms with Crippen LogP contribution in [-0.4, -0.2) is 24.2 Å². The summed E-state index contributed by atoms with van der Waals surface area (Å²) in [6.07, 6.45) is 0. The van der Waals surface area contributed by atoms with Gasteiger partial charge < -0.3 is 15.2 Å². The Hall–Kier alpha value is -0.880. The number of ether oxygens (including phenoxy) is 2. The van der Waals surface area contributed by atoms with E-state index in [0.717, 1.165) is 0 Å². The van der Waals surface area contributed by atoms with E-state index < -0.39 is 0 Å². The highest BCUT2D eigenvalue weighted by Gasteiger charge is 2.11. The molecule has 0 spiro atoms. The molecule has 1 rings (SSSR count). The van der Waals surface area contributed by atoms with Crippen LogP contribution in [0.5, 0.6) is 11.9 Å². The predicted octanol–water partition coefficient (Wildman–Crippen LogP) is 0.715. The molecule has 0 saturated carbocycles. The van der Waals surface area contributed by atoms with Crippen molar-refractivity contribution in [3.8, 4) is 11.9 Å². The Morgan fingerprint density at radius 3 is 2.46 bits per heavy atom. The van der Waals surface area contributed by atoms with Gasteiger partial charge in [-0.1, -0.05) is 0 Å². The van der Waals surface area contributed by atoms with E-state index in [-0.39, 0.29) is 6.01 Å². The van der Waals surface area contributed by atoms with E-state index in [2.05, 4.69) is 25.9 Å². The number of hydrogen-bond acceptors (Lipinski definition) is 5. The monoisotopic (exact) mass is 247 g/mol. The lowest BCUT2D eigenvalue weighted by molar-refractivity contribution is 0.348. The molecule has 0 aliphatic heterocycles. The quantitative estimate of drug-likeness (QED) is 0.853. The molecule has 0 fully saturated rings. The number of nitrogens with two attached hydrogens (primary N) is 1. The first-order valence-electron chi connectivity index (χ1n) is 3.57. The van der Waals surface area contributed by atoms with Gasteiger partial charge in [0.1, 0.15) is 4.47 Å². The molecule has 1 heterocycles. The summed E-state index contributed by atoms with van der Waals surface area (Å²) in [6, 6.07) is 0.250. The van der Waals surface area contributed by atoms with Crippen molar-refractivity contribution in [2.45, 2.75) is 6.54 Å². The molecule has 0 atom stereocenters. The average molecular weight is 248 g/mol. The van der Waals surface area contributed by atoms with Crippen LogP contribution in [0.15, 0.2) is 4.47 Å². The summed E-state index contributed by atoms with van der Waals surface area (Å²) in [6.45, 7) is 0.301. The zero-order valence-electron chi connectivity index (χ0n) is 7.37. The molecule has 1 aromatic rings. The molecule has 0 saturated heterocycles. The number of halogens is 1. The Morgan fingerprint density at radius 2 is 2.00 bits per heavy atom. The Morgan fingerprint density at radius 1 is 1.31 bits per heavy atom. The van der Waals surface area contributed by atoms with E-state index >= 15 is 0 Å². The maximum Gasteiger partial charge on any atom is 0.319 e. The minimum Gasteiger partial charge on any atom is -0.480 e. The summed E-state index contributed by atoms with van der Waals surface area (Å²) < 4.78 is 10.5. The van der Waals surface area contributed by atoms with Crippen LogP contribution in [0, 0.1) is 0 Å². The highest BCUT2D eigenvalue weighted by Crippen LogP contribution is 2.26. The fourth-order valence-corrected chi connectivity index (χ4v) is 1.31. The fourth-order valence-electron chi connectivity index (χ4n) is 0.811. The van der Waals surface area contributed by atoms with Crippen molar-refractivity contribution in [1.82, 2.24) is 9.97 Å². The van der Waals surface area contributed by atoms with Crippen molar-refractivity contribution in [2.75, 3.05) is 14.2 Å². The number of hydrogen-bond donors (Lipinski definition) is 1. The fraction of sp³-hybridized carbons (Fsp3) is 0.429. The van der Waals surface area contributed by atoms with Crippen LogP contribution >= 0.6 is 15.9 Å². The predicted molar refractivity (Wildman–Crippen MR) is 50.7 cm³/mol. The van der Waals surface area contributed by atoms with E-state index in [9.17, 15) is 0 Å². The lowest BCUT2D eigenvalue weighted by Gasteiger charge is -2.07. The summed E-state index contributed by atoms with van der Waals surface area (Å²) in [7, 11) is 3.01. The molecule has 0 aliphatic carbocycles. The molecule has 0 unspecified atom stereocenters. The molecule has 13 heavy (non-hydrogen) atoms. The normalized spacial score (nSPS) is 9.85. The van der Waals surface area contributed by atoms with Crippen molar-refractivity contribution >= 4 is 15.9 Å². The Labute approximate surface area is 84.4 Å². The second-order valence-electron chi connectivity index (χ2n) is 2.18. The largest absolute Gasteiger partial charge is 0.480 e. The summed E-state index contributed by atoms with van der Waals surface area (Å²) in [4.78, 5) is 7.99. The first-order valence-corrected chi connectivity index (χ1v) is 4.36. The lowest BCUT2D eigenvalue weighted by Crippen LogP contribution is -2.05. The molecule has 0 amide bonds. The number of methoxy groups -OCH3 is 2. The van der Waals surface area contributed by atoms with Crippen LogP contribution in [0.25, 0.3) is 0 Å². The van der Waals surface area contributed by atoms with Crippen molar-refractivity contribution < 1.29 is 9.47 Å². The molecule has 0 aliphatic rings. The summed E-state index contributed by atoms with van der Waals surface area (Å²) in [5.74, 6) is 0.423. The molecule has 2 N–H and O–H groups in total. The molecule has 5 nitrogen and oxygen atoms in total. The number of rotatable bonds is 3. The van der Waals surface area contributed by atoms with Gasteiger partial charge in [0, 0.05) is 6.54 Å². The minimum atomic E-state index is 0.250. The molecular formula is C7H10BrN3O2. The van der Waals surface area contributed by atoms with Crippen LogP contribution in [0.2, 0.25) is 0 Å². The average Bonchev–Trinajstić information content (AvgIpc) is 2.18. The van der Waals surface area contributed by atoms with Crippen LogP contribution < -0.4 is 15.2 Å². The van der Waals surface area contributed by atoms with Crippen LogP contribution in [-0.2, 0) is 6.54 Å². The zero-order valence-corrected chi connectivity index (χ0v) is 8.96. The maximum atomic E-state index is 5.47. The van der Waals surface area contributed by atoms with Gasteiger partial charge in [0.2, 0.25) is 5.88 Å². The van der Waals surface area contributed by atoms with Gasteiger partial charge >= 0.3 is 6.01 Å². The van der Waals surface area contributed by atoms with E-state index in [1.807, 2.05) is 0 Å².